The molecule has 0 aliphatic carbocycles. The summed E-state index contributed by atoms with van der Waals surface area (Å²) in [5.41, 5.74) is 2.90. The van der Waals surface area contributed by atoms with E-state index >= 15 is 0 Å². The first-order chi connectivity index (χ1) is 14.6. The van der Waals surface area contributed by atoms with Crippen LogP contribution in [0.15, 0.2) is 60.8 Å². The lowest BCUT2D eigenvalue weighted by Crippen LogP contribution is -2.15. The second-order valence-corrected chi connectivity index (χ2v) is 6.33. The molecule has 0 spiro atoms. The highest BCUT2D eigenvalue weighted by Crippen LogP contribution is 2.34. The molecule has 1 aromatic heterocycles. The Balaban J connectivity index is 1.80. The van der Waals surface area contributed by atoms with Gasteiger partial charge in [0.25, 0.3) is 0 Å². The number of nitrogens with one attached hydrogen (secondary N) is 1. The third-order valence-corrected chi connectivity index (χ3v) is 4.35. The van der Waals surface area contributed by atoms with E-state index in [1.54, 1.807) is 38.6 Å². The van der Waals surface area contributed by atoms with Crippen molar-refractivity contribution in [2.45, 2.75) is 6.42 Å². The molecular weight excluding hydrogens is 380 g/mol. The Morgan fingerprint density at radius 3 is 2.57 bits per heavy atom. The van der Waals surface area contributed by atoms with E-state index in [1.807, 2.05) is 36.4 Å². The molecule has 0 aliphatic heterocycles. The van der Waals surface area contributed by atoms with Gasteiger partial charge in [0.1, 0.15) is 12.4 Å². The van der Waals surface area contributed by atoms with Gasteiger partial charge in [0.05, 0.1) is 32.0 Å². The standard InChI is InChI=1S/C24H22N2O4/c1-4-14-30-21-12-9-18(16-22(21)29-3)24-20(6-5-13-25-24)26-23(27)15-17-7-10-19(28-2)11-8-17/h1,5-13,16H,14-15H2,2-3H3,(H,26,27). The van der Waals surface area contributed by atoms with Gasteiger partial charge >= 0.3 is 0 Å². The van der Waals surface area contributed by atoms with Crippen LogP contribution in [0.25, 0.3) is 11.3 Å². The minimum atomic E-state index is -0.143. The summed E-state index contributed by atoms with van der Waals surface area (Å²) in [6.45, 7) is 0.145. The van der Waals surface area contributed by atoms with Gasteiger partial charge in [0, 0.05) is 11.8 Å². The normalized spacial score (nSPS) is 10.0. The first-order valence-corrected chi connectivity index (χ1v) is 9.27. The Morgan fingerprint density at radius 2 is 1.87 bits per heavy atom. The van der Waals surface area contributed by atoms with Crippen LogP contribution in [0.2, 0.25) is 0 Å². The molecule has 0 bridgehead atoms. The monoisotopic (exact) mass is 402 g/mol. The third-order valence-electron chi connectivity index (χ3n) is 4.35. The van der Waals surface area contributed by atoms with Crippen LogP contribution in [0.5, 0.6) is 17.2 Å². The Kier molecular flexibility index (Phi) is 6.91. The lowest BCUT2D eigenvalue weighted by Gasteiger charge is -2.13. The van der Waals surface area contributed by atoms with Crippen LogP contribution < -0.4 is 19.5 Å². The molecule has 1 N–H and O–H groups in total. The molecule has 0 saturated carbocycles. The molecule has 3 rings (SSSR count). The molecule has 6 nitrogen and oxygen atoms in total. The first-order valence-electron chi connectivity index (χ1n) is 9.27. The van der Waals surface area contributed by atoms with Gasteiger partial charge in [-0.15, -0.1) is 6.42 Å². The molecule has 152 valence electrons. The molecule has 1 heterocycles. The largest absolute Gasteiger partial charge is 0.497 e. The SMILES string of the molecule is C#CCOc1ccc(-c2ncccc2NC(=O)Cc2ccc(OC)cc2)cc1OC. The van der Waals surface area contributed by atoms with Gasteiger partial charge in [-0.25, -0.2) is 0 Å². The quantitative estimate of drug-likeness (QED) is 0.578. The van der Waals surface area contributed by atoms with E-state index in [0.29, 0.717) is 22.9 Å². The fourth-order valence-electron chi connectivity index (χ4n) is 2.91. The molecule has 0 atom stereocenters. The minimum absolute atomic E-state index is 0.143. The highest BCUT2D eigenvalue weighted by Gasteiger charge is 2.13. The van der Waals surface area contributed by atoms with Gasteiger partial charge in [0.15, 0.2) is 11.5 Å². The van der Waals surface area contributed by atoms with Crippen molar-refractivity contribution in [1.82, 2.24) is 4.98 Å². The van der Waals surface area contributed by atoms with Crippen molar-refractivity contribution in [3.05, 3.63) is 66.4 Å². The molecule has 3 aromatic rings. The first kappa shape index (κ1) is 20.7. The molecule has 0 fully saturated rings. The zero-order chi connectivity index (χ0) is 21.3. The number of rotatable bonds is 8. The lowest BCUT2D eigenvalue weighted by atomic mass is 10.1. The van der Waals surface area contributed by atoms with Crippen molar-refractivity contribution in [3.8, 4) is 40.8 Å². The summed E-state index contributed by atoms with van der Waals surface area (Å²) >= 11 is 0. The van der Waals surface area contributed by atoms with E-state index in [0.717, 1.165) is 16.9 Å². The number of ether oxygens (including phenoxy) is 3. The molecule has 2 aromatic carbocycles. The molecular formula is C24H22N2O4. The second-order valence-electron chi connectivity index (χ2n) is 6.33. The summed E-state index contributed by atoms with van der Waals surface area (Å²) in [5.74, 6) is 4.10. The number of carbonyl (C=O) groups excluding carboxylic acids is 1. The maximum atomic E-state index is 12.6. The van der Waals surface area contributed by atoms with Crippen LogP contribution in [-0.2, 0) is 11.2 Å². The Morgan fingerprint density at radius 1 is 1.07 bits per heavy atom. The fraction of sp³-hybridized carbons (Fsp3) is 0.167. The van der Waals surface area contributed by atoms with Crippen LogP contribution in [0.3, 0.4) is 0 Å². The number of amides is 1. The van der Waals surface area contributed by atoms with Crippen molar-refractivity contribution >= 4 is 11.6 Å². The van der Waals surface area contributed by atoms with Gasteiger partial charge in [-0.05, 0) is 48.0 Å². The van der Waals surface area contributed by atoms with E-state index in [1.165, 1.54) is 0 Å². The number of hydrogen-bond donors (Lipinski definition) is 1. The highest BCUT2D eigenvalue weighted by molar-refractivity contribution is 5.95. The topological polar surface area (TPSA) is 69.7 Å². The summed E-state index contributed by atoms with van der Waals surface area (Å²) in [4.78, 5) is 17.0. The number of anilines is 1. The van der Waals surface area contributed by atoms with Crippen LogP contribution in [0.1, 0.15) is 5.56 Å². The Bertz CT molecular complexity index is 1060. The van der Waals surface area contributed by atoms with Crippen LogP contribution in [0, 0.1) is 12.3 Å². The minimum Gasteiger partial charge on any atom is -0.497 e. The van der Waals surface area contributed by atoms with Crippen LogP contribution >= 0.6 is 0 Å². The summed E-state index contributed by atoms with van der Waals surface area (Å²) in [7, 11) is 3.16. The summed E-state index contributed by atoms with van der Waals surface area (Å²) in [6, 6.07) is 16.4. The van der Waals surface area contributed by atoms with Crippen LogP contribution in [-0.4, -0.2) is 31.7 Å². The molecule has 6 heteroatoms. The summed E-state index contributed by atoms with van der Waals surface area (Å²) in [6.07, 6.45) is 7.16. The maximum absolute atomic E-state index is 12.6. The summed E-state index contributed by atoms with van der Waals surface area (Å²) in [5, 5.41) is 2.94. The number of hydrogen-bond acceptors (Lipinski definition) is 5. The van der Waals surface area contributed by atoms with E-state index < -0.39 is 0 Å². The second kappa shape index (κ2) is 9.99. The van der Waals surface area contributed by atoms with E-state index in [9.17, 15) is 4.79 Å². The van der Waals surface area contributed by atoms with Crippen molar-refractivity contribution in [3.63, 3.8) is 0 Å². The van der Waals surface area contributed by atoms with E-state index in [4.69, 9.17) is 20.6 Å². The number of carbonyl (C=O) groups is 1. The highest BCUT2D eigenvalue weighted by atomic mass is 16.5. The van der Waals surface area contributed by atoms with Crippen molar-refractivity contribution in [1.29, 1.82) is 0 Å². The van der Waals surface area contributed by atoms with E-state index in [-0.39, 0.29) is 18.9 Å². The zero-order valence-corrected chi connectivity index (χ0v) is 16.8. The number of nitrogens with zero attached hydrogens (tertiary/aromatic N) is 1. The number of aromatic nitrogens is 1. The molecule has 0 radical (unpaired) electrons. The molecule has 1 amide bonds. The van der Waals surface area contributed by atoms with Gasteiger partial charge < -0.3 is 19.5 Å². The van der Waals surface area contributed by atoms with Gasteiger partial charge in [-0.2, -0.15) is 0 Å². The molecule has 0 unspecified atom stereocenters. The number of methoxy groups -OCH3 is 2. The Labute approximate surface area is 175 Å². The van der Waals surface area contributed by atoms with Crippen molar-refractivity contribution in [2.75, 3.05) is 26.1 Å². The molecule has 30 heavy (non-hydrogen) atoms. The number of terminal acetylenes is 1. The fourth-order valence-corrected chi connectivity index (χ4v) is 2.91. The predicted molar refractivity (Wildman–Crippen MR) is 116 cm³/mol. The molecule has 0 saturated heterocycles. The van der Waals surface area contributed by atoms with Gasteiger partial charge in [-0.1, -0.05) is 18.1 Å². The van der Waals surface area contributed by atoms with Gasteiger partial charge in [0.2, 0.25) is 5.91 Å². The molecule has 0 aliphatic rings. The van der Waals surface area contributed by atoms with Crippen molar-refractivity contribution < 1.29 is 19.0 Å². The maximum Gasteiger partial charge on any atom is 0.228 e. The smallest absolute Gasteiger partial charge is 0.228 e. The predicted octanol–water partition coefficient (Wildman–Crippen LogP) is 3.96. The average molecular weight is 402 g/mol. The average Bonchev–Trinajstić information content (AvgIpc) is 2.78. The van der Waals surface area contributed by atoms with Crippen molar-refractivity contribution in [2.24, 2.45) is 0 Å². The van der Waals surface area contributed by atoms with E-state index in [2.05, 4.69) is 16.2 Å². The zero-order valence-electron chi connectivity index (χ0n) is 16.8. The van der Waals surface area contributed by atoms with Crippen LogP contribution in [0.4, 0.5) is 5.69 Å². The third kappa shape index (κ3) is 5.09. The number of benzene rings is 2. The number of pyridine rings is 1. The van der Waals surface area contributed by atoms with Gasteiger partial charge in [-0.3, -0.25) is 9.78 Å². The Hall–Kier alpha value is -3.98. The summed E-state index contributed by atoms with van der Waals surface area (Å²) < 4.78 is 16.0. The lowest BCUT2D eigenvalue weighted by molar-refractivity contribution is -0.115.